The van der Waals surface area contributed by atoms with E-state index in [1.807, 2.05) is 0 Å². The Labute approximate surface area is 200 Å². The van der Waals surface area contributed by atoms with Crippen molar-refractivity contribution in [3.63, 3.8) is 0 Å². The molecule has 0 radical (unpaired) electrons. The molecule has 1 aromatic rings. The van der Waals surface area contributed by atoms with Gasteiger partial charge in [0.15, 0.2) is 10.8 Å². The fourth-order valence-corrected chi connectivity index (χ4v) is 6.69. The second-order valence-electron chi connectivity index (χ2n) is 7.19. The number of fused-ring (bicyclic) bond motifs is 1. The molecule has 3 atom stereocenters. The van der Waals surface area contributed by atoms with E-state index in [9.17, 15) is 19.5 Å². The third-order valence-corrected chi connectivity index (χ3v) is 8.48. The Morgan fingerprint density at radius 3 is 2.97 bits per heavy atom. The topological polar surface area (TPSA) is 166 Å². The molecule has 12 nitrogen and oxygen atoms in total. The molecule has 178 valence electrons. The summed E-state index contributed by atoms with van der Waals surface area (Å²) in [6, 6.07) is -0.886. The van der Waals surface area contributed by atoms with Gasteiger partial charge in [-0.25, -0.2) is 9.78 Å². The molecule has 4 rings (SSSR count). The smallest absolute Gasteiger partial charge is 0.449 e. The number of nitrogens with zero attached hydrogens (tertiary/aromatic N) is 3. The maximum atomic E-state index is 12.9. The molecule has 0 aliphatic carbocycles. The van der Waals surface area contributed by atoms with E-state index in [-0.39, 0.29) is 22.4 Å². The number of anilines is 1. The van der Waals surface area contributed by atoms with E-state index in [0.29, 0.717) is 29.8 Å². The molecule has 0 saturated carbocycles. The van der Waals surface area contributed by atoms with E-state index < -0.39 is 29.4 Å². The summed E-state index contributed by atoms with van der Waals surface area (Å²) in [5, 5.41) is 16.8. The molecule has 0 bridgehead atoms. The van der Waals surface area contributed by atoms with E-state index in [1.165, 1.54) is 35.5 Å². The average Bonchev–Trinajstić information content (AvgIpc) is 3.45. The van der Waals surface area contributed by atoms with E-state index in [4.69, 9.17) is 20.0 Å². The minimum Gasteiger partial charge on any atom is -0.449 e. The molecule has 33 heavy (non-hydrogen) atoms. The molecule has 3 aliphatic rings. The zero-order valence-corrected chi connectivity index (χ0v) is 19.8. The van der Waals surface area contributed by atoms with E-state index >= 15 is 0 Å². The fraction of sp³-hybridized carbons (Fsp3) is 0.500. The maximum absolute atomic E-state index is 12.9. The fourth-order valence-electron chi connectivity index (χ4n) is 3.47. The molecule has 2 fully saturated rings. The van der Waals surface area contributed by atoms with Crippen LogP contribution in [0.15, 0.2) is 21.3 Å². The van der Waals surface area contributed by atoms with Crippen LogP contribution in [-0.2, 0) is 23.9 Å². The minimum atomic E-state index is -1.51. The normalized spacial score (nSPS) is 24.9. The summed E-state index contributed by atoms with van der Waals surface area (Å²) in [6.07, 6.45) is -0.563. The van der Waals surface area contributed by atoms with Crippen molar-refractivity contribution in [1.29, 1.82) is 0 Å². The number of hydrogen-bond donors (Lipinski definition) is 3. The van der Waals surface area contributed by atoms with Crippen molar-refractivity contribution < 1.29 is 33.8 Å². The number of carboxylic acid groups (broad SMARTS) is 1. The van der Waals surface area contributed by atoms with Crippen molar-refractivity contribution in [2.75, 3.05) is 37.6 Å². The molecular weight excluding hydrogens is 494 g/mol. The summed E-state index contributed by atoms with van der Waals surface area (Å²) < 4.78 is 10.4. The van der Waals surface area contributed by atoms with Crippen molar-refractivity contribution in [2.24, 2.45) is 11.1 Å². The van der Waals surface area contributed by atoms with Gasteiger partial charge in [0.2, 0.25) is 5.88 Å². The lowest BCUT2D eigenvalue weighted by molar-refractivity contribution is -0.148. The number of aromatic nitrogens is 1. The number of nitrogen functional groups attached to an aromatic ring is 1. The van der Waals surface area contributed by atoms with Crippen LogP contribution in [0.2, 0.25) is 0 Å². The first-order chi connectivity index (χ1) is 15.9. The van der Waals surface area contributed by atoms with Crippen molar-refractivity contribution in [1.82, 2.24) is 15.2 Å². The van der Waals surface area contributed by atoms with Gasteiger partial charge in [0, 0.05) is 23.5 Å². The molecule has 2 saturated heterocycles. The monoisotopic (exact) mass is 515 g/mol. The quantitative estimate of drug-likeness (QED) is 0.196. The first kappa shape index (κ1) is 23.7. The highest BCUT2D eigenvalue weighted by Gasteiger charge is 2.54. The number of thiazole rings is 1. The summed E-state index contributed by atoms with van der Waals surface area (Å²) in [5.74, 6) is 0.421. The number of ether oxygens (including phenoxy) is 2. The Bertz CT molecular complexity index is 1010. The zero-order chi connectivity index (χ0) is 23.5. The van der Waals surface area contributed by atoms with Crippen LogP contribution in [0.5, 0.6) is 0 Å². The van der Waals surface area contributed by atoms with Gasteiger partial charge in [0.25, 0.3) is 11.8 Å². The summed E-state index contributed by atoms with van der Waals surface area (Å²) >= 11 is 4.02. The molecular formula is C18H21N5O7S3. The molecule has 0 spiro atoms. The molecule has 2 amide bonds. The standard InChI is InChI=1S/C18H21N5O7S3/c1-28-22-11(9-6-33-17(19)20-9)13(24)21-12-14(25)23-15(30-18(26)27)10(7-32-16(12)23)31-5-8-2-3-29-4-8/h6,8,12,16H,2-5,7H2,1H3,(H2,19,20)(H,21,24)(H,26,27)/b22-11-/t8?,12?,16-/m0/s1. The highest BCUT2D eigenvalue weighted by molar-refractivity contribution is 8.06. The second kappa shape index (κ2) is 10.2. The Morgan fingerprint density at radius 2 is 2.33 bits per heavy atom. The lowest BCUT2D eigenvalue weighted by atomic mass is 10.1. The van der Waals surface area contributed by atoms with Gasteiger partial charge < -0.3 is 30.5 Å². The number of hydrogen-bond acceptors (Lipinski definition) is 12. The van der Waals surface area contributed by atoms with Crippen LogP contribution in [0.25, 0.3) is 0 Å². The lowest BCUT2D eigenvalue weighted by Crippen LogP contribution is -2.70. The minimum absolute atomic E-state index is 0.00345. The summed E-state index contributed by atoms with van der Waals surface area (Å²) in [4.78, 5) is 47.7. The van der Waals surface area contributed by atoms with Crippen LogP contribution in [0.4, 0.5) is 9.93 Å². The van der Waals surface area contributed by atoms with Gasteiger partial charge in [-0.1, -0.05) is 5.16 Å². The third kappa shape index (κ3) is 5.05. The molecule has 3 aliphatic heterocycles. The number of nitrogens with two attached hydrogens (primary N) is 1. The van der Waals surface area contributed by atoms with E-state index in [0.717, 1.165) is 23.5 Å². The number of carbonyl (C=O) groups is 3. The Kier molecular flexibility index (Phi) is 7.31. The van der Waals surface area contributed by atoms with Gasteiger partial charge in [-0.3, -0.25) is 14.5 Å². The number of amides is 2. The van der Waals surface area contributed by atoms with E-state index in [2.05, 4.69) is 15.5 Å². The molecule has 1 aromatic heterocycles. The van der Waals surface area contributed by atoms with E-state index in [1.54, 1.807) is 5.38 Å². The van der Waals surface area contributed by atoms with Gasteiger partial charge in [0.1, 0.15) is 24.2 Å². The van der Waals surface area contributed by atoms with Crippen LogP contribution in [0, 0.1) is 5.92 Å². The van der Waals surface area contributed by atoms with Crippen LogP contribution in [0.3, 0.4) is 0 Å². The highest BCUT2D eigenvalue weighted by atomic mass is 32.2. The molecule has 15 heteroatoms. The van der Waals surface area contributed by atoms with Gasteiger partial charge in [-0.15, -0.1) is 34.9 Å². The molecule has 2 unspecified atom stereocenters. The molecule has 4 N–H and O–H groups in total. The largest absolute Gasteiger partial charge is 0.512 e. The van der Waals surface area contributed by atoms with Gasteiger partial charge in [0.05, 0.1) is 11.5 Å². The molecule has 0 aromatic carbocycles. The van der Waals surface area contributed by atoms with Crippen LogP contribution >= 0.6 is 34.9 Å². The van der Waals surface area contributed by atoms with Gasteiger partial charge >= 0.3 is 6.16 Å². The SMILES string of the molecule is CO/N=C(\C(=O)NC1C(=O)N2C(OC(=O)O)=C(SCC3CCOC3)CS[C@@H]12)c1csc(N)n1. The Morgan fingerprint density at radius 1 is 1.52 bits per heavy atom. The molecule has 4 heterocycles. The predicted octanol–water partition coefficient (Wildman–Crippen LogP) is 1.11. The Hall–Kier alpha value is -2.49. The maximum Gasteiger partial charge on any atom is 0.512 e. The number of rotatable bonds is 8. The first-order valence-corrected chi connectivity index (χ1v) is 12.7. The average molecular weight is 516 g/mol. The number of oxime groups is 1. The summed E-state index contributed by atoms with van der Waals surface area (Å²) in [7, 11) is 1.29. The highest BCUT2D eigenvalue weighted by Crippen LogP contribution is 2.44. The summed E-state index contributed by atoms with van der Waals surface area (Å²) in [5.41, 5.74) is 5.74. The van der Waals surface area contributed by atoms with Crippen molar-refractivity contribution in [3.8, 4) is 0 Å². The predicted molar refractivity (Wildman–Crippen MR) is 123 cm³/mol. The summed E-state index contributed by atoms with van der Waals surface area (Å²) in [6.45, 7) is 1.38. The van der Waals surface area contributed by atoms with Gasteiger partial charge in [-0.05, 0) is 12.3 Å². The van der Waals surface area contributed by atoms with Crippen molar-refractivity contribution in [3.05, 3.63) is 21.9 Å². The first-order valence-electron chi connectivity index (χ1n) is 9.81. The second-order valence-corrected chi connectivity index (χ2v) is 10.3. The van der Waals surface area contributed by atoms with Crippen molar-refractivity contribution >= 4 is 63.7 Å². The van der Waals surface area contributed by atoms with Gasteiger partial charge in [-0.2, -0.15) is 0 Å². The zero-order valence-electron chi connectivity index (χ0n) is 17.4. The van der Waals surface area contributed by atoms with Crippen LogP contribution in [0.1, 0.15) is 12.1 Å². The number of carbonyl (C=O) groups excluding carboxylic acids is 2. The van der Waals surface area contributed by atoms with Crippen molar-refractivity contribution in [2.45, 2.75) is 17.8 Å². The number of thioether (sulfide) groups is 2. The Balaban J connectivity index is 1.47. The lowest BCUT2D eigenvalue weighted by Gasteiger charge is -2.49. The number of β-lactam (4-membered cyclic amide) rings is 1. The van der Waals surface area contributed by atoms with Crippen LogP contribution < -0.4 is 11.1 Å². The van der Waals surface area contributed by atoms with Crippen LogP contribution in [-0.4, -0.2) is 81.9 Å². The number of nitrogens with one attached hydrogen (secondary N) is 1. The third-order valence-electron chi connectivity index (χ3n) is 5.04.